The molecule has 2 aliphatic carbocycles. The zero-order chi connectivity index (χ0) is 11.7. The van der Waals surface area contributed by atoms with E-state index in [4.69, 9.17) is 0 Å². The van der Waals surface area contributed by atoms with Gasteiger partial charge in [-0.05, 0) is 51.5 Å². The van der Waals surface area contributed by atoms with Gasteiger partial charge in [-0.25, -0.2) is 0 Å². The summed E-state index contributed by atoms with van der Waals surface area (Å²) in [5, 5.41) is 3.66. The molecule has 98 valence electrons. The first-order valence-electron chi connectivity index (χ1n) is 7.82. The fourth-order valence-corrected chi connectivity index (χ4v) is 3.61. The molecule has 17 heavy (non-hydrogen) atoms. The minimum Gasteiger partial charge on any atom is -0.313 e. The Bertz CT molecular complexity index is 239. The minimum absolute atomic E-state index is 0.791. The molecular formula is C15H28N2. The zero-order valence-electron chi connectivity index (χ0n) is 11.3. The van der Waals surface area contributed by atoms with Crippen molar-refractivity contribution < 1.29 is 0 Å². The van der Waals surface area contributed by atoms with Crippen molar-refractivity contribution in [2.75, 3.05) is 13.1 Å². The van der Waals surface area contributed by atoms with Gasteiger partial charge in [0.25, 0.3) is 0 Å². The monoisotopic (exact) mass is 236 g/mol. The first-order valence-corrected chi connectivity index (χ1v) is 7.82. The molecule has 1 saturated heterocycles. The summed E-state index contributed by atoms with van der Waals surface area (Å²) in [6.07, 6.45) is 11.7. The molecule has 3 aliphatic rings. The van der Waals surface area contributed by atoms with E-state index in [0.717, 1.165) is 24.0 Å². The van der Waals surface area contributed by atoms with Crippen molar-refractivity contribution in [3.8, 4) is 0 Å². The highest BCUT2D eigenvalue weighted by atomic mass is 15.2. The number of rotatable bonds is 6. The van der Waals surface area contributed by atoms with Gasteiger partial charge in [0, 0.05) is 24.7 Å². The van der Waals surface area contributed by atoms with E-state index in [2.05, 4.69) is 17.1 Å². The van der Waals surface area contributed by atoms with Crippen LogP contribution in [0.15, 0.2) is 0 Å². The lowest BCUT2D eigenvalue weighted by Gasteiger charge is -2.36. The average molecular weight is 236 g/mol. The second kappa shape index (κ2) is 5.27. The molecule has 0 aromatic rings. The van der Waals surface area contributed by atoms with Crippen molar-refractivity contribution in [3.05, 3.63) is 0 Å². The van der Waals surface area contributed by atoms with Crippen LogP contribution in [0.1, 0.15) is 58.3 Å². The van der Waals surface area contributed by atoms with Gasteiger partial charge in [-0.1, -0.05) is 19.3 Å². The number of hydrogen-bond acceptors (Lipinski definition) is 2. The molecule has 0 aromatic heterocycles. The Labute approximate surface area is 106 Å². The SMILES string of the molecule is CC(CC1CCC1)N(CC1CCCN1)C1CC1. The Morgan fingerprint density at radius 1 is 1.12 bits per heavy atom. The van der Waals surface area contributed by atoms with Gasteiger partial charge in [-0.3, -0.25) is 4.90 Å². The second-order valence-electron chi connectivity index (χ2n) is 6.60. The molecule has 0 amide bonds. The molecule has 1 heterocycles. The third-order valence-corrected chi connectivity index (χ3v) is 5.07. The van der Waals surface area contributed by atoms with Gasteiger partial charge >= 0.3 is 0 Å². The van der Waals surface area contributed by atoms with Crippen LogP contribution in [0.3, 0.4) is 0 Å². The average Bonchev–Trinajstić information content (AvgIpc) is 2.98. The van der Waals surface area contributed by atoms with E-state index in [1.165, 1.54) is 64.5 Å². The fourth-order valence-electron chi connectivity index (χ4n) is 3.61. The number of nitrogens with one attached hydrogen (secondary N) is 1. The fraction of sp³-hybridized carbons (Fsp3) is 1.00. The van der Waals surface area contributed by atoms with E-state index >= 15 is 0 Å². The third kappa shape index (κ3) is 3.03. The predicted molar refractivity (Wildman–Crippen MR) is 72.2 cm³/mol. The summed E-state index contributed by atoms with van der Waals surface area (Å²) in [4.78, 5) is 2.83. The highest BCUT2D eigenvalue weighted by Gasteiger charge is 2.35. The molecule has 0 radical (unpaired) electrons. The first-order chi connectivity index (χ1) is 8.33. The standard InChI is InChI=1S/C15H28N2/c1-12(10-13-4-2-5-13)17(15-7-8-15)11-14-6-3-9-16-14/h12-16H,2-11H2,1H3. The van der Waals surface area contributed by atoms with Crippen molar-refractivity contribution in [1.82, 2.24) is 10.2 Å². The summed E-state index contributed by atoms with van der Waals surface area (Å²) in [6.45, 7) is 5.05. The summed E-state index contributed by atoms with van der Waals surface area (Å²) in [5.41, 5.74) is 0. The smallest absolute Gasteiger partial charge is 0.0195 e. The van der Waals surface area contributed by atoms with E-state index in [-0.39, 0.29) is 0 Å². The van der Waals surface area contributed by atoms with Crippen molar-refractivity contribution >= 4 is 0 Å². The van der Waals surface area contributed by atoms with Crippen molar-refractivity contribution in [1.29, 1.82) is 0 Å². The predicted octanol–water partition coefficient (Wildman–Crippen LogP) is 2.78. The molecule has 2 heteroatoms. The van der Waals surface area contributed by atoms with Gasteiger partial charge in [-0.2, -0.15) is 0 Å². The van der Waals surface area contributed by atoms with Crippen LogP contribution in [-0.4, -0.2) is 36.1 Å². The van der Waals surface area contributed by atoms with Gasteiger partial charge < -0.3 is 5.32 Å². The maximum Gasteiger partial charge on any atom is 0.0195 e. The molecule has 2 unspecified atom stereocenters. The zero-order valence-corrected chi connectivity index (χ0v) is 11.3. The highest BCUT2D eigenvalue weighted by molar-refractivity contribution is 4.92. The molecule has 2 saturated carbocycles. The van der Waals surface area contributed by atoms with Crippen molar-refractivity contribution in [2.24, 2.45) is 5.92 Å². The number of nitrogens with zero attached hydrogens (tertiary/aromatic N) is 1. The van der Waals surface area contributed by atoms with Crippen LogP contribution >= 0.6 is 0 Å². The Morgan fingerprint density at radius 2 is 1.94 bits per heavy atom. The van der Waals surface area contributed by atoms with Gasteiger partial charge in [0.05, 0.1) is 0 Å². The molecule has 0 bridgehead atoms. The van der Waals surface area contributed by atoms with Crippen LogP contribution in [0.2, 0.25) is 0 Å². The van der Waals surface area contributed by atoms with Gasteiger partial charge in [0.2, 0.25) is 0 Å². The Morgan fingerprint density at radius 3 is 2.47 bits per heavy atom. The third-order valence-electron chi connectivity index (χ3n) is 5.07. The maximum atomic E-state index is 3.66. The van der Waals surface area contributed by atoms with Gasteiger partial charge in [0.1, 0.15) is 0 Å². The molecule has 0 aromatic carbocycles. The van der Waals surface area contributed by atoms with Crippen LogP contribution in [0, 0.1) is 5.92 Å². The Kier molecular flexibility index (Phi) is 3.72. The molecule has 2 atom stereocenters. The Balaban J connectivity index is 1.50. The molecule has 1 aliphatic heterocycles. The summed E-state index contributed by atoms with van der Waals surface area (Å²) in [5.74, 6) is 1.06. The summed E-state index contributed by atoms with van der Waals surface area (Å²) in [6, 6.07) is 2.56. The highest BCUT2D eigenvalue weighted by Crippen LogP contribution is 2.35. The van der Waals surface area contributed by atoms with Crippen LogP contribution in [0.4, 0.5) is 0 Å². The molecule has 0 spiro atoms. The molecular weight excluding hydrogens is 208 g/mol. The lowest BCUT2D eigenvalue weighted by molar-refractivity contribution is 0.136. The van der Waals surface area contributed by atoms with Crippen LogP contribution in [0.25, 0.3) is 0 Å². The molecule has 3 rings (SSSR count). The first kappa shape index (κ1) is 12.0. The van der Waals surface area contributed by atoms with Crippen molar-refractivity contribution in [2.45, 2.75) is 76.4 Å². The normalized spacial score (nSPS) is 31.8. The van der Waals surface area contributed by atoms with Crippen LogP contribution in [0.5, 0.6) is 0 Å². The van der Waals surface area contributed by atoms with E-state index < -0.39 is 0 Å². The maximum absolute atomic E-state index is 3.66. The molecule has 1 N–H and O–H groups in total. The van der Waals surface area contributed by atoms with Gasteiger partial charge in [0.15, 0.2) is 0 Å². The van der Waals surface area contributed by atoms with E-state index in [9.17, 15) is 0 Å². The summed E-state index contributed by atoms with van der Waals surface area (Å²) in [7, 11) is 0. The molecule has 2 nitrogen and oxygen atoms in total. The number of hydrogen-bond donors (Lipinski definition) is 1. The topological polar surface area (TPSA) is 15.3 Å². The largest absolute Gasteiger partial charge is 0.313 e. The minimum atomic E-state index is 0.791. The van der Waals surface area contributed by atoms with E-state index in [1.807, 2.05) is 0 Å². The van der Waals surface area contributed by atoms with E-state index in [1.54, 1.807) is 0 Å². The molecule has 3 fully saturated rings. The van der Waals surface area contributed by atoms with Crippen LogP contribution in [-0.2, 0) is 0 Å². The Hall–Kier alpha value is -0.0800. The lowest BCUT2D eigenvalue weighted by atomic mass is 9.81. The van der Waals surface area contributed by atoms with Gasteiger partial charge in [-0.15, -0.1) is 0 Å². The van der Waals surface area contributed by atoms with E-state index in [0.29, 0.717) is 0 Å². The van der Waals surface area contributed by atoms with Crippen molar-refractivity contribution in [3.63, 3.8) is 0 Å². The summed E-state index contributed by atoms with van der Waals surface area (Å²) >= 11 is 0. The second-order valence-corrected chi connectivity index (χ2v) is 6.60. The summed E-state index contributed by atoms with van der Waals surface area (Å²) < 4.78 is 0. The van der Waals surface area contributed by atoms with Crippen LogP contribution < -0.4 is 5.32 Å². The lowest BCUT2D eigenvalue weighted by Crippen LogP contribution is -2.44. The quantitative estimate of drug-likeness (QED) is 0.763.